The Balaban J connectivity index is 2.16. The summed E-state index contributed by atoms with van der Waals surface area (Å²) in [6.45, 7) is 0. The van der Waals surface area contributed by atoms with Crippen molar-refractivity contribution < 1.29 is 4.79 Å². The highest BCUT2D eigenvalue weighted by molar-refractivity contribution is 5.99. The quantitative estimate of drug-likeness (QED) is 0.723. The number of rotatable bonds is 0. The summed E-state index contributed by atoms with van der Waals surface area (Å²) in [6, 6.07) is 7.91. The lowest BCUT2D eigenvalue weighted by molar-refractivity contribution is 0.0846. The van der Waals surface area contributed by atoms with Crippen molar-refractivity contribution >= 4 is 5.78 Å². The van der Waals surface area contributed by atoms with E-state index in [1.54, 1.807) is 0 Å². The van der Waals surface area contributed by atoms with Crippen LogP contribution in [-0.2, 0) is 5.54 Å². The normalized spacial score (nSPS) is 33.1. The van der Waals surface area contributed by atoms with Gasteiger partial charge in [-0.05, 0) is 24.3 Å². The molecule has 3 rings (SSSR count). The molecule has 1 aromatic carbocycles. The molecule has 16 heavy (non-hydrogen) atoms. The predicted molar refractivity (Wildman–Crippen MR) is 63.2 cm³/mol. The molecule has 0 aromatic heterocycles. The van der Waals surface area contributed by atoms with Crippen molar-refractivity contribution in [2.24, 2.45) is 11.7 Å². The van der Waals surface area contributed by atoms with Crippen molar-refractivity contribution in [1.82, 2.24) is 0 Å². The molecule has 2 atom stereocenters. The third-order valence-electron chi connectivity index (χ3n) is 4.28. The van der Waals surface area contributed by atoms with Crippen LogP contribution in [-0.4, -0.2) is 5.78 Å². The number of hydrogen-bond acceptors (Lipinski definition) is 2. The Kier molecular flexibility index (Phi) is 2.15. The van der Waals surface area contributed by atoms with Crippen LogP contribution in [0.25, 0.3) is 0 Å². The van der Waals surface area contributed by atoms with Crippen LogP contribution in [0, 0.1) is 5.92 Å². The minimum atomic E-state index is -0.233. The van der Waals surface area contributed by atoms with Crippen molar-refractivity contribution in [2.45, 2.75) is 37.6 Å². The SMILES string of the molecule is NC12CCCCC1CC(=O)c1ccccc12. The fraction of sp³-hybridized carbons (Fsp3) is 0.500. The summed E-state index contributed by atoms with van der Waals surface area (Å²) in [7, 11) is 0. The molecule has 1 saturated carbocycles. The van der Waals surface area contributed by atoms with Crippen LogP contribution in [0.4, 0.5) is 0 Å². The van der Waals surface area contributed by atoms with Gasteiger partial charge in [0.2, 0.25) is 0 Å². The zero-order valence-electron chi connectivity index (χ0n) is 9.41. The molecule has 0 bridgehead atoms. The zero-order chi connectivity index (χ0) is 11.2. The van der Waals surface area contributed by atoms with E-state index in [1.165, 1.54) is 12.8 Å². The molecule has 2 aliphatic rings. The van der Waals surface area contributed by atoms with E-state index in [2.05, 4.69) is 0 Å². The smallest absolute Gasteiger partial charge is 0.163 e. The molecule has 2 nitrogen and oxygen atoms in total. The monoisotopic (exact) mass is 215 g/mol. The lowest BCUT2D eigenvalue weighted by atomic mass is 9.63. The van der Waals surface area contributed by atoms with Crippen molar-refractivity contribution in [3.63, 3.8) is 0 Å². The first-order chi connectivity index (χ1) is 7.72. The summed E-state index contributed by atoms with van der Waals surface area (Å²) in [4.78, 5) is 12.0. The summed E-state index contributed by atoms with van der Waals surface area (Å²) in [5.41, 5.74) is 8.31. The van der Waals surface area contributed by atoms with Gasteiger partial charge in [0.15, 0.2) is 5.78 Å². The van der Waals surface area contributed by atoms with E-state index in [-0.39, 0.29) is 11.3 Å². The zero-order valence-corrected chi connectivity index (χ0v) is 9.41. The fourth-order valence-corrected chi connectivity index (χ4v) is 3.37. The molecule has 84 valence electrons. The summed E-state index contributed by atoms with van der Waals surface area (Å²) in [6.07, 6.45) is 5.20. The van der Waals surface area contributed by atoms with Gasteiger partial charge >= 0.3 is 0 Å². The van der Waals surface area contributed by atoms with Gasteiger partial charge in [-0.2, -0.15) is 0 Å². The predicted octanol–water partition coefficient (Wildman–Crippen LogP) is 2.62. The number of Topliss-reactive ketones (excluding diaryl/α,β-unsaturated/α-hetero) is 1. The van der Waals surface area contributed by atoms with Crippen LogP contribution in [0.2, 0.25) is 0 Å². The van der Waals surface area contributed by atoms with E-state index < -0.39 is 0 Å². The van der Waals surface area contributed by atoms with Gasteiger partial charge in [-0.15, -0.1) is 0 Å². The maximum Gasteiger partial charge on any atom is 0.163 e. The van der Waals surface area contributed by atoms with Gasteiger partial charge in [0.1, 0.15) is 0 Å². The molecule has 2 heteroatoms. The van der Waals surface area contributed by atoms with Gasteiger partial charge < -0.3 is 5.73 Å². The number of ketones is 1. The largest absolute Gasteiger partial charge is 0.321 e. The van der Waals surface area contributed by atoms with E-state index >= 15 is 0 Å². The molecule has 0 radical (unpaired) electrons. The molecule has 0 saturated heterocycles. The van der Waals surface area contributed by atoms with Crippen LogP contribution in [0.3, 0.4) is 0 Å². The standard InChI is InChI=1S/C14H17NO/c15-14-8-4-3-5-10(14)9-13(16)11-6-1-2-7-12(11)14/h1-2,6-7,10H,3-5,8-9,15H2. The van der Waals surface area contributed by atoms with Gasteiger partial charge in [-0.25, -0.2) is 0 Å². The molecule has 1 aromatic rings. The van der Waals surface area contributed by atoms with Gasteiger partial charge in [-0.3, -0.25) is 4.79 Å². The number of carbonyl (C=O) groups excluding carboxylic acids is 1. The van der Waals surface area contributed by atoms with E-state index in [0.29, 0.717) is 12.3 Å². The topological polar surface area (TPSA) is 43.1 Å². The molecule has 0 spiro atoms. The molecular weight excluding hydrogens is 198 g/mol. The molecule has 0 heterocycles. The molecule has 0 aliphatic heterocycles. The summed E-state index contributed by atoms with van der Waals surface area (Å²) >= 11 is 0. The third kappa shape index (κ3) is 1.26. The van der Waals surface area contributed by atoms with Gasteiger partial charge in [0, 0.05) is 17.5 Å². The maximum absolute atomic E-state index is 12.0. The van der Waals surface area contributed by atoms with Gasteiger partial charge in [0.05, 0.1) is 0 Å². The Morgan fingerprint density at radius 1 is 1.25 bits per heavy atom. The van der Waals surface area contributed by atoms with Crippen molar-refractivity contribution in [2.75, 3.05) is 0 Å². The second-order valence-electron chi connectivity index (χ2n) is 5.16. The van der Waals surface area contributed by atoms with Crippen molar-refractivity contribution in [1.29, 1.82) is 0 Å². The Bertz CT molecular complexity index is 440. The van der Waals surface area contributed by atoms with Crippen LogP contribution in [0.5, 0.6) is 0 Å². The Labute approximate surface area is 95.8 Å². The van der Waals surface area contributed by atoms with Crippen molar-refractivity contribution in [3.8, 4) is 0 Å². The number of carbonyl (C=O) groups is 1. The van der Waals surface area contributed by atoms with Crippen LogP contribution in [0.1, 0.15) is 48.0 Å². The molecule has 2 N–H and O–H groups in total. The van der Waals surface area contributed by atoms with Crippen molar-refractivity contribution in [3.05, 3.63) is 35.4 Å². The first-order valence-electron chi connectivity index (χ1n) is 6.13. The first-order valence-corrected chi connectivity index (χ1v) is 6.13. The van der Waals surface area contributed by atoms with E-state index in [0.717, 1.165) is 24.0 Å². The maximum atomic E-state index is 12.0. The highest BCUT2D eigenvalue weighted by Crippen LogP contribution is 2.46. The molecule has 2 unspecified atom stereocenters. The number of hydrogen-bond donors (Lipinski definition) is 1. The fourth-order valence-electron chi connectivity index (χ4n) is 3.37. The highest BCUT2D eigenvalue weighted by atomic mass is 16.1. The van der Waals surface area contributed by atoms with Gasteiger partial charge in [-0.1, -0.05) is 37.1 Å². The molecule has 2 aliphatic carbocycles. The molecule has 1 fully saturated rings. The van der Waals surface area contributed by atoms with Crippen LogP contribution < -0.4 is 5.73 Å². The average molecular weight is 215 g/mol. The number of benzene rings is 1. The van der Waals surface area contributed by atoms with Crippen LogP contribution >= 0.6 is 0 Å². The number of fused-ring (bicyclic) bond motifs is 3. The minimum absolute atomic E-state index is 0.233. The second-order valence-corrected chi connectivity index (χ2v) is 5.16. The average Bonchev–Trinajstić information content (AvgIpc) is 2.31. The molecule has 0 amide bonds. The van der Waals surface area contributed by atoms with E-state index in [9.17, 15) is 4.79 Å². The summed E-state index contributed by atoms with van der Waals surface area (Å²) in [5, 5.41) is 0. The summed E-state index contributed by atoms with van der Waals surface area (Å²) in [5.74, 6) is 0.646. The Hall–Kier alpha value is -1.15. The van der Waals surface area contributed by atoms with E-state index in [4.69, 9.17) is 5.73 Å². The Morgan fingerprint density at radius 2 is 2.06 bits per heavy atom. The minimum Gasteiger partial charge on any atom is -0.321 e. The third-order valence-corrected chi connectivity index (χ3v) is 4.28. The van der Waals surface area contributed by atoms with Crippen LogP contribution in [0.15, 0.2) is 24.3 Å². The molecular formula is C14H17NO. The lowest BCUT2D eigenvalue weighted by Gasteiger charge is -2.45. The Morgan fingerprint density at radius 3 is 2.94 bits per heavy atom. The van der Waals surface area contributed by atoms with Gasteiger partial charge in [0.25, 0.3) is 0 Å². The summed E-state index contributed by atoms with van der Waals surface area (Å²) < 4.78 is 0. The number of nitrogens with two attached hydrogens (primary N) is 1. The van der Waals surface area contributed by atoms with E-state index in [1.807, 2.05) is 24.3 Å². The first kappa shape index (κ1) is 10.0. The lowest BCUT2D eigenvalue weighted by Crippen LogP contribution is -2.50. The highest BCUT2D eigenvalue weighted by Gasteiger charge is 2.44. The second kappa shape index (κ2) is 3.42.